The molecular weight excluding hydrogens is 350 g/mol. The van der Waals surface area contributed by atoms with Crippen molar-refractivity contribution >= 4 is 0 Å². The third-order valence-corrected chi connectivity index (χ3v) is 5.52. The van der Waals surface area contributed by atoms with Crippen LogP contribution in [0.3, 0.4) is 0 Å². The van der Waals surface area contributed by atoms with Gasteiger partial charge in [-0.2, -0.15) is 0 Å². The molecule has 0 aromatic carbocycles. The highest BCUT2D eigenvalue weighted by molar-refractivity contribution is 4.90. The molecule has 0 saturated carbocycles. The Hall–Kier alpha value is -0.980. The molecule has 0 bridgehead atoms. The molecule has 170 valence electrons. The molecule has 0 aliphatic carbocycles. The van der Waals surface area contributed by atoms with Crippen LogP contribution in [-0.4, -0.2) is 6.54 Å². The number of allylic oxidation sites excluding steroid dienone is 5. The van der Waals surface area contributed by atoms with E-state index in [0.29, 0.717) is 0 Å². The maximum absolute atomic E-state index is 4.09. The van der Waals surface area contributed by atoms with Crippen LogP contribution in [0.15, 0.2) is 36.6 Å². The van der Waals surface area contributed by atoms with Gasteiger partial charge in [0.05, 0.1) is 0 Å². The molecule has 0 saturated heterocycles. The Bertz CT molecular complexity index is 380. The number of hydrogen-bond donors (Lipinski definition) is 1. The first-order chi connectivity index (χ1) is 14.3. The van der Waals surface area contributed by atoms with Crippen molar-refractivity contribution in [2.24, 2.45) is 0 Å². The highest BCUT2D eigenvalue weighted by atomic mass is 14.9. The number of nitrogens with one attached hydrogen (secondary N) is 1. The summed E-state index contributed by atoms with van der Waals surface area (Å²) >= 11 is 0. The van der Waals surface area contributed by atoms with Crippen molar-refractivity contribution in [3.63, 3.8) is 0 Å². The molecule has 0 aliphatic heterocycles. The minimum atomic E-state index is 1.07. The SMILES string of the molecule is C=C(CCCCCCCCCC=CCCCCCC=CCCCCC)NCCC. The van der Waals surface area contributed by atoms with Crippen molar-refractivity contribution in [3.8, 4) is 0 Å². The lowest BCUT2D eigenvalue weighted by Crippen LogP contribution is -2.12. The van der Waals surface area contributed by atoms with E-state index in [-0.39, 0.29) is 0 Å². The van der Waals surface area contributed by atoms with Crippen LogP contribution in [0.2, 0.25) is 0 Å². The fourth-order valence-electron chi connectivity index (χ4n) is 3.56. The summed E-state index contributed by atoms with van der Waals surface area (Å²) in [5.74, 6) is 0. The van der Waals surface area contributed by atoms with Gasteiger partial charge in [-0.15, -0.1) is 0 Å². The second kappa shape index (κ2) is 25.1. The van der Waals surface area contributed by atoms with E-state index in [2.05, 4.69) is 50.0 Å². The summed E-state index contributed by atoms with van der Waals surface area (Å²) in [5.41, 5.74) is 1.23. The molecule has 1 heteroatoms. The van der Waals surface area contributed by atoms with Crippen LogP contribution < -0.4 is 5.32 Å². The summed E-state index contributed by atoms with van der Waals surface area (Å²) in [7, 11) is 0. The van der Waals surface area contributed by atoms with Gasteiger partial charge in [0.25, 0.3) is 0 Å². The van der Waals surface area contributed by atoms with Gasteiger partial charge in [-0.1, -0.05) is 96.1 Å². The predicted octanol–water partition coefficient (Wildman–Crippen LogP) is 9.65. The molecule has 0 spiro atoms. The molecular formula is C28H53N. The summed E-state index contributed by atoms with van der Waals surface area (Å²) in [4.78, 5) is 0. The first-order valence-corrected chi connectivity index (χ1v) is 13.0. The minimum Gasteiger partial charge on any atom is -0.389 e. The van der Waals surface area contributed by atoms with Gasteiger partial charge in [-0.3, -0.25) is 0 Å². The van der Waals surface area contributed by atoms with Crippen LogP contribution >= 0.6 is 0 Å². The highest BCUT2D eigenvalue weighted by Crippen LogP contribution is 2.12. The standard InChI is InChI=1S/C28H53N/c1-4-6-7-8-9-10-11-12-13-14-15-16-17-18-19-20-21-22-23-24-25-26-28(3)29-27-5-2/h9-10,16-17,29H,3-8,11-15,18-27H2,1-2H3. The normalized spacial score (nSPS) is 11.7. The van der Waals surface area contributed by atoms with Gasteiger partial charge < -0.3 is 5.32 Å². The smallest absolute Gasteiger partial charge is 0.0141 e. The lowest BCUT2D eigenvalue weighted by Gasteiger charge is -2.07. The van der Waals surface area contributed by atoms with E-state index in [4.69, 9.17) is 0 Å². The van der Waals surface area contributed by atoms with Gasteiger partial charge in [-0.25, -0.2) is 0 Å². The van der Waals surface area contributed by atoms with Crippen molar-refractivity contribution in [1.29, 1.82) is 0 Å². The summed E-state index contributed by atoms with van der Waals surface area (Å²) in [6.07, 6.45) is 34.9. The van der Waals surface area contributed by atoms with E-state index >= 15 is 0 Å². The lowest BCUT2D eigenvalue weighted by atomic mass is 10.1. The molecule has 0 fully saturated rings. The largest absolute Gasteiger partial charge is 0.389 e. The zero-order chi connectivity index (χ0) is 21.3. The first-order valence-electron chi connectivity index (χ1n) is 13.0. The predicted molar refractivity (Wildman–Crippen MR) is 134 cm³/mol. The molecule has 0 radical (unpaired) electrons. The molecule has 0 aromatic rings. The number of hydrogen-bond acceptors (Lipinski definition) is 1. The maximum atomic E-state index is 4.09. The van der Waals surface area contributed by atoms with Crippen molar-refractivity contribution < 1.29 is 0 Å². The molecule has 1 nitrogen and oxygen atoms in total. The minimum absolute atomic E-state index is 1.07. The number of unbranched alkanes of at least 4 members (excludes halogenated alkanes) is 14. The maximum Gasteiger partial charge on any atom is 0.0141 e. The Labute approximate surface area is 184 Å². The second-order valence-corrected chi connectivity index (χ2v) is 8.62. The summed E-state index contributed by atoms with van der Waals surface area (Å²) in [6.45, 7) is 9.64. The molecule has 0 aliphatic rings. The van der Waals surface area contributed by atoms with Crippen LogP contribution in [-0.2, 0) is 0 Å². The van der Waals surface area contributed by atoms with E-state index < -0.39 is 0 Å². The van der Waals surface area contributed by atoms with E-state index in [1.807, 2.05) is 0 Å². The Balaban J connectivity index is 3.18. The molecule has 0 atom stereocenters. The van der Waals surface area contributed by atoms with Gasteiger partial charge in [-0.05, 0) is 70.6 Å². The summed E-state index contributed by atoms with van der Waals surface area (Å²) in [5, 5.41) is 3.39. The molecule has 0 heterocycles. The molecule has 0 aromatic heterocycles. The van der Waals surface area contributed by atoms with E-state index in [0.717, 1.165) is 13.0 Å². The average Bonchev–Trinajstić information content (AvgIpc) is 2.73. The van der Waals surface area contributed by atoms with Crippen LogP contribution in [0, 0.1) is 0 Å². The highest BCUT2D eigenvalue weighted by Gasteiger charge is 1.95. The average molecular weight is 404 g/mol. The van der Waals surface area contributed by atoms with Crippen molar-refractivity contribution in [2.45, 2.75) is 136 Å². The Morgan fingerprint density at radius 1 is 0.552 bits per heavy atom. The zero-order valence-corrected chi connectivity index (χ0v) is 20.2. The quantitative estimate of drug-likeness (QED) is 0.132. The molecule has 0 unspecified atom stereocenters. The second-order valence-electron chi connectivity index (χ2n) is 8.62. The van der Waals surface area contributed by atoms with Crippen molar-refractivity contribution in [3.05, 3.63) is 36.6 Å². The van der Waals surface area contributed by atoms with Crippen LogP contribution in [0.5, 0.6) is 0 Å². The third kappa shape index (κ3) is 25.0. The first kappa shape index (κ1) is 28.0. The van der Waals surface area contributed by atoms with Crippen LogP contribution in [0.4, 0.5) is 0 Å². The summed E-state index contributed by atoms with van der Waals surface area (Å²) in [6, 6.07) is 0. The topological polar surface area (TPSA) is 12.0 Å². The Morgan fingerprint density at radius 3 is 1.45 bits per heavy atom. The molecule has 1 N–H and O–H groups in total. The Kier molecular flexibility index (Phi) is 24.2. The Morgan fingerprint density at radius 2 is 0.966 bits per heavy atom. The zero-order valence-electron chi connectivity index (χ0n) is 20.2. The van der Waals surface area contributed by atoms with E-state index in [9.17, 15) is 0 Å². The fourth-order valence-corrected chi connectivity index (χ4v) is 3.56. The van der Waals surface area contributed by atoms with Gasteiger partial charge in [0, 0.05) is 12.2 Å². The van der Waals surface area contributed by atoms with Crippen LogP contribution in [0.25, 0.3) is 0 Å². The van der Waals surface area contributed by atoms with Gasteiger partial charge in [0.1, 0.15) is 0 Å². The molecule has 0 amide bonds. The number of rotatable bonds is 23. The lowest BCUT2D eigenvalue weighted by molar-refractivity contribution is 0.573. The fraction of sp³-hybridized carbons (Fsp3) is 0.786. The third-order valence-electron chi connectivity index (χ3n) is 5.52. The molecule has 29 heavy (non-hydrogen) atoms. The monoisotopic (exact) mass is 403 g/mol. The molecule has 0 rings (SSSR count). The van der Waals surface area contributed by atoms with Crippen LogP contribution in [0.1, 0.15) is 136 Å². The van der Waals surface area contributed by atoms with E-state index in [1.165, 1.54) is 121 Å². The van der Waals surface area contributed by atoms with Gasteiger partial charge in [0.2, 0.25) is 0 Å². The summed E-state index contributed by atoms with van der Waals surface area (Å²) < 4.78 is 0. The van der Waals surface area contributed by atoms with Crippen molar-refractivity contribution in [2.75, 3.05) is 6.54 Å². The van der Waals surface area contributed by atoms with Crippen molar-refractivity contribution in [1.82, 2.24) is 5.32 Å². The van der Waals surface area contributed by atoms with E-state index in [1.54, 1.807) is 0 Å². The van der Waals surface area contributed by atoms with Gasteiger partial charge in [0.15, 0.2) is 0 Å². The van der Waals surface area contributed by atoms with Gasteiger partial charge >= 0.3 is 0 Å².